The van der Waals surface area contributed by atoms with Crippen LogP contribution in [0.5, 0.6) is 0 Å². The van der Waals surface area contributed by atoms with Crippen molar-refractivity contribution >= 4 is 24.0 Å². The van der Waals surface area contributed by atoms with Crippen molar-refractivity contribution in [1.29, 1.82) is 0 Å². The van der Waals surface area contributed by atoms with Crippen LogP contribution in [0, 0.1) is 0 Å². The van der Waals surface area contributed by atoms with Gasteiger partial charge in [-0.3, -0.25) is 20.6 Å². The van der Waals surface area contributed by atoms with Crippen LogP contribution < -0.4 is 32.7 Å². The number of nitrogens with one attached hydrogen (secondary N) is 4. The molecule has 8 N–H and O–H groups in total. The molecule has 0 aromatic rings. The minimum Gasteiger partial charge on any atom is -0.370 e. The van der Waals surface area contributed by atoms with E-state index in [1.165, 1.54) is 0 Å². The second kappa shape index (κ2) is 17.3. The van der Waals surface area contributed by atoms with Gasteiger partial charge in [0.2, 0.25) is 0 Å². The molecular weight excluding hydrogens is 384 g/mol. The minimum atomic E-state index is -0.297. The van der Waals surface area contributed by atoms with E-state index in [1.807, 2.05) is 0 Å². The van der Waals surface area contributed by atoms with Crippen LogP contribution in [0.25, 0.3) is 0 Å². The van der Waals surface area contributed by atoms with E-state index in [4.69, 9.17) is 11.5 Å². The largest absolute Gasteiger partial charge is 0.370 e. The van der Waals surface area contributed by atoms with Gasteiger partial charge in [-0.05, 0) is 25.7 Å². The topological polar surface area (TPSA) is 159 Å². The highest BCUT2D eigenvalue weighted by atomic mass is 16.2. The Balaban J connectivity index is 2.35. The predicted molar refractivity (Wildman–Crippen MR) is 121 cm³/mol. The van der Waals surface area contributed by atoms with Crippen LogP contribution in [0.2, 0.25) is 0 Å². The average Bonchev–Trinajstić information content (AvgIpc) is 2.70. The van der Waals surface area contributed by atoms with E-state index in [2.05, 4.69) is 31.3 Å². The Morgan fingerprint density at radius 3 is 1.27 bits per heavy atom. The summed E-state index contributed by atoms with van der Waals surface area (Å²) in [5.41, 5.74) is 11.5. The van der Waals surface area contributed by atoms with Gasteiger partial charge in [-0.2, -0.15) is 0 Å². The zero-order valence-corrected chi connectivity index (χ0v) is 18.2. The van der Waals surface area contributed by atoms with Gasteiger partial charge < -0.3 is 22.1 Å². The Morgan fingerprint density at radius 1 is 0.533 bits per heavy atom. The number of carbonyl (C=O) groups excluding carboxylic acids is 2. The normalized spacial score (nSPS) is 21.1. The smallest absolute Gasteiger partial charge is 0.321 e. The van der Waals surface area contributed by atoms with Crippen molar-refractivity contribution in [1.82, 2.24) is 21.3 Å². The maximum atomic E-state index is 11.8. The fourth-order valence-electron chi connectivity index (χ4n) is 3.09. The van der Waals surface area contributed by atoms with E-state index in [0.29, 0.717) is 26.2 Å². The number of nitrogens with two attached hydrogens (primary N) is 2. The van der Waals surface area contributed by atoms with E-state index in [-0.39, 0.29) is 24.0 Å². The van der Waals surface area contributed by atoms with Gasteiger partial charge in [0, 0.05) is 26.2 Å². The molecule has 0 atom stereocenters. The number of hydrogen-bond donors (Lipinski definition) is 6. The van der Waals surface area contributed by atoms with E-state index in [1.54, 1.807) is 0 Å². The van der Waals surface area contributed by atoms with Gasteiger partial charge in [0.05, 0.1) is 0 Å². The molecule has 1 aliphatic rings. The first kappa shape index (κ1) is 25.5. The van der Waals surface area contributed by atoms with Crippen molar-refractivity contribution in [2.45, 2.75) is 77.0 Å². The second-order valence-corrected chi connectivity index (χ2v) is 7.54. The molecule has 0 radical (unpaired) electrons. The maximum absolute atomic E-state index is 11.8. The highest BCUT2D eigenvalue weighted by Crippen LogP contribution is 2.06. The molecule has 10 heteroatoms. The molecule has 1 heterocycles. The summed E-state index contributed by atoms with van der Waals surface area (Å²) >= 11 is 0. The van der Waals surface area contributed by atoms with Gasteiger partial charge in [-0.15, -0.1) is 0 Å². The van der Waals surface area contributed by atoms with Crippen LogP contribution in [-0.2, 0) is 0 Å². The summed E-state index contributed by atoms with van der Waals surface area (Å²) in [6.45, 7) is 2.45. The quantitative estimate of drug-likeness (QED) is 0.351. The Bertz CT molecular complexity index is 503. The Labute approximate surface area is 180 Å². The van der Waals surface area contributed by atoms with Crippen LogP contribution in [0.15, 0.2) is 9.98 Å². The molecule has 0 fully saturated rings. The van der Waals surface area contributed by atoms with Crippen LogP contribution in [-0.4, -0.2) is 50.2 Å². The number of amides is 4. The standard InChI is InChI=1S/C20H40N8O2/c21-17-23-13-9-5-1-3-7-11-15-25-19(29)28-18(22)24-14-10-6-2-4-8-12-16-26-20(30)27-17/h1-16H2,(H4,21,23,26,27,30)(H4,22,24,25,28,29). The first-order valence-corrected chi connectivity index (χ1v) is 11.3. The van der Waals surface area contributed by atoms with E-state index in [0.717, 1.165) is 77.0 Å². The molecule has 0 aromatic carbocycles. The van der Waals surface area contributed by atoms with E-state index in [9.17, 15) is 9.59 Å². The highest BCUT2D eigenvalue weighted by Gasteiger charge is 2.03. The first-order valence-electron chi connectivity index (χ1n) is 11.3. The summed E-state index contributed by atoms with van der Waals surface area (Å²) in [6.07, 6.45) is 12.4. The summed E-state index contributed by atoms with van der Waals surface area (Å²) in [4.78, 5) is 31.9. The average molecular weight is 425 g/mol. The van der Waals surface area contributed by atoms with Gasteiger partial charge in [-0.1, -0.05) is 51.4 Å². The lowest BCUT2D eigenvalue weighted by Gasteiger charge is -2.08. The molecule has 1 rings (SSSR count). The molecule has 0 aliphatic carbocycles. The molecule has 1 aliphatic heterocycles. The number of urea groups is 2. The number of carbonyl (C=O) groups is 2. The van der Waals surface area contributed by atoms with Gasteiger partial charge in [0.1, 0.15) is 0 Å². The molecule has 0 saturated carbocycles. The molecule has 0 unspecified atom stereocenters. The Kier molecular flexibility index (Phi) is 14.8. The van der Waals surface area contributed by atoms with Gasteiger partial charge in [-0.25, -0.2) is 9.59 Å². The zero-order valence-electron chi connectivity index (χ0n) is 18.2. The number of rotatable bonds is 0. The lowest BCUT2D eigenvalue weighted by Crippen LogP contribution is -2.43. The third-order valence-corrected chi connectivity index (χ3v) is 4.79. The molecule has 4 amide bonds. The van der Waals surface area contributed by atoms with Gasteiger partial charge in [0.25, 0.3) is 0 Å². The van der Waals surface area contributed by atoms with E-state index < -0.39 is 0 Å². The van der Waals surface area contributed by atoms with Crippen molar-refractivity contribution in [2.75, 3.05) is 26.2 Å². The summed E-state index contributed by atoms with van der Waals surface area (Å²) in [6, 6.07) is -0.595. The summed E-state index contributed by atoms with van der Waals surface area (Å²) < 4.78 is 0. The molecule has 0 aromatic heterocycles. The maximum Gasteiger partial charge on any atom is 0.321 e. The molecule has 0 spiro atoms. The zero-order chi connectivity index (χ0) is 21.9. The van der Waals surface area contributed by atoms with Crippen molar-refractivity contribution in [3.8, 4) is 0 Å². The third kappa shape index (κ3) is 15.4. The molecule has 0 saturated heterocycles. The molecule has 0 bridgehead atoms. The first-order chi connectivity index (χ1) is 14.6. The van der Waals surface area contributed by atoms with Crippen molar-refractivity contribution in [2.24, 2.45) is 21.5 Å². The Hall–Kier alpha value is -2.52. The van der Waals surface area contributed by atoms with Crippen LogP contribution in [0.4, 0.5) is 9.59 Å². The summed E-state index contributed by atoms with van der Waals surface area (Å²) in [5, 5.41) is 10.7. The molecule has 172 valence electrons. The lowest BCUT2D eigenvalue weighted by atomic mass is 10.1. The van der Waals surface area contributed by atoms with Crippen molar-refractivity contribution < 1.29 is 9.59 Å². The van der Waals surface area contributed by atoms with Crippen LogP contribution in [0.3, 0.4) is 0 Å². The number of hydrogen-bond acceptors (Lipinski definition) is 6. The predicted octanol–water partition coefficient (Wildman–Crippen LogP) is 1.91. The summed E-state index contributed by atoms with van der Waals surface area (Å²) in [5.74, 6) is 0.336. The fourth-order valence-corrected chi connectivity index (χ4v) is 3.09. The molecule has 10 nitrogen and oxygen atoms in total. The monoisotopic (exact) mass is 424 g/mol. The number of nitrogens with zero attached hydrogens (tertiary/aromatic N) is 2. The van der Waals surface area contributed by atoms with E-state index >= 15 is 0 Å². The van der Waals surface area contributed by atoms with Gasteiger partial charge in [0.15, 0.2) is 11.9 Å². The van der Waals surface area contributed by atoms with Crippen LogP contribution in [0.1, 0.15) is 77.0 Å². The van der Waals surface area contributed by atoms with Crippen molar-refractivity contribution in [3.05, 3.63) is 0 Å². The summed E-state index contributed by atoms with van der Waals surface area (Å²) in [7, 11) is 0. The Morgan fingerprint density at radius 2 is 0.867 bits per heavy atom. The highest BCUT2D eigenvalue weighted by molar-refractivity contribution is 5.95. The lowest BCUT2D eigenvalue weighted by molar-refractivity contribution is 0.244. The van der Waals surface area contributed by atoms with Gasteiger partial charge >= 0.3 is 12.1 Å². The SMILES string of the molecule is NC1=NCCCCCCCCNC(=O)NC(N)=NCCCCCCCCNC(=O)N1. The second-order valence-electron chi connectivity index (χ2n) is 7.54. The minimum absolute atomic E-state index is 0.168. The molecule has 30 heavy (non-hydrogen) atoms. The van der Waals surface area contributed by atoms with Crippen LogP contribution >= 0.6 is 0 Å². The fraction of sp³-hybridized carbons (Fsp3) is 0.800. The third-order valence-electron chi connectivity index (χ3n) is 4.79. The number of aliphatic imine (C=N–C) groups is 2. The van der Waals surface area contributed by atoms with Crippen molar-refractivity contribution in [3.63, 3.8) is 0 Å². The molecular formula is C20H40N8O2. The number of guanidine groups is 2.